The molecule has 0 radical (unpaired) electrons. The molecule has 0 unspecified atom stereocenters. The van der Waals surface area contributed by atoms with Gasteiger partial charge in [0.05, 0.1) is 11.1 Å². The number of carbonyl (C=O) groups is 1. The van der Waals surface area contributed by atoms with E-state index in [2.05, 4.69) is 25.0 Å². The first-order valence-corrected chi connectivity index (χ1v) is 10.5. The number of fused-ring (bicyclic) bond motifs is 1. The second kappa shape index (κ2) is 9.03. The molecule has 4 N–H and O–H groups in total. The number of hydrogen-bond acceptors (Lipinski definition) is 7. The van der Waals surface area contributed by atoms with E-state index in [1.54, 1.807) is 12.3 Å². The standard InChI is InChI=1S/C16H25N7O3S.ClH/c1-18-27(25,26)9-11-3-5-12(6-4-11)22(2)14-13-7-8-23(16(24)21-17)15(13)20-10-19-14;/h7-8,10-12,18H,3-6,9,17H2,1-2H3,(H,21,24);1H. The predicted octanol–water partition coefficient (Wildman–Crippen LogP) is 0.829. The van der Waals surface area contributed by atoms with Crippen LogP contribution in [0.15, 0.2) is 18.6 Å². The van der Waals surface area contributed by atoms with Crippen LogP contribution in [-0.4, -0.2) is 54.9 Å². The Morgan fingerprint density at radius 1 is 1.32 bits per heavy atom. The molecule has 0 aromatic carbocycles. The third-order valence-corrected chi connectivity index (χ3v) is 6.80. The molecule has 0 aliphatic heterocycles. The van der Waals surface area contributed by atoms with Crippen LogP contribution in [0.25, 0.3) is 11.0 Å². The molecule has 12 heteroatoms. The summed E-state index contributed by atoms with van der Waals surface area (Å²) in [6, 6.07) is 1.58. The molecule has 2 aromatic rings. The van der Waals surface area contributed by atoms with E-state index in [0.29, 0.717) is 5.65 Å². The van der Waals surface area contributed by atoms with Crippen molar-refractivity contribution in [2.75, 3.05) is 24.7 Å². The molecule has 0 atom stereocenters. The lowest BCUT2D eigenvalue weighted by molar-refractivity contribution is 0.243. The molecular weight excluding hydrogens is 406 g/mol. The molecular formula is C16H26ClN7O3S. The lowest BCUT2D eigenvalue weighted by Crippen LogP contribution is -2.38. The lowest BCUT2D eigenvalue weighted by atomic mass is 9.86. The van der Waals surface area contributed by atoms with E-state index in [1.807, 2.05) is 7.05 Å². The van der Waals surface area contributed by atoms with Crippen molar-refractivity contribution >= 4 is 45.3 Å². The van der Waals surface area contributed by atoms with E-state index in [9.17, 15) is 13.2 Å². The van der Waals surface area contributed by atoms with E-state index in [1.165, 1.54) is 17.9 Å². The topological polar surface area (TPSA) is 135 Å². The third-order valence-electron chi connectivity index (χ3n) is 5.27. The average Bonchev–Trinajstić information content (AvgIpc) is 3.11. The Hall–Kier alpha value is -1.95. The van der Waals surface area contributed by atoms with Gasteiger partial charge in [-0.3, -0.25) is 9.99 Å². The number of hydrazine groups is 1. The molecule has 0 spiro atoms. The number of sulfonamides is 1. The van der Waals surface area contributed by atoms with Gasteiger partial charge in [0.1, 0.15) is 12.1 Å². The first kappa shape index (κ1) is 22.3. The lowest BCUT2D eigenvalue weighted by Gasteiger charge is -2.35. The molecule has 1 fully saturated rings. The molecule has 1 amide bonds. The number of amides is 1. The Kier molecular flexibility index (Phi) is 7.21. The van der Waals surface area contributed by atoms with E-state index in [0.717, 1.165) is 36.9 Å². The minimum absolute atomic E-state index is 0. The number of nitrogens with zero attached hydrogens (tertiary/aromatic N) is 4. The van der Waals surface area contributed by atoms with Gasteiger partial charge >= 0.3 is 6.03 Å². The fourth-order valence-corrected chi connectivity index (χ4v) is 4.84. The molecule has 1 aliphatic carbocycles. The number of nitrogens with two attached hydrogens (primary N) is 1. The van der Waals surface area contributed by atoms with E-state index in [-0.39, 0.29) is 30.1 Å². The number of aromatic nitrogens is 3. The highest BCUT2D eigenvalue weighted by Gasteiger charge is 2.28. The summed E-state index contributed by atoms with van der Waals surface area (Å²) in [6.45, 7) is 0. The molecule has 28 heavy (non-hydrogen) atoms. The maximum atomic E-state index is 11.8. The summed E-state index contributed by atoms with van der Waals surface area (Å²) in [5.74, 6) is 6.31. The Morgan fingerprint density at radius 2 is 2.00 bits per heavy atom. The highest BCUT2D eigenvalue weighted by molar-refractivity contribution is 7.89. The minimum Gasteiger partial charge on any atom is -0.356 e. The summed E-state index contributed by atoms with van der Waals surface area (Å²) in [5, 5.41) is 0.767. The quantitative estimate of drug-likeness (QED) is 0.362. The molecule has 1 saturated carbocycles. The van der Waals surface area contributed by atoms with Crippen LogP contribution in [0.5, 0.6) is 0 Å². The number of anilines is 1. The van der Waals surface area contributed by atoms with Crippen LogP contribution in [0, 0.1) is 5.92 Å². The second-order valence-electron chi connectivity index (χ2n) is 6.84. The summed E-state index contributed by atoms with van der Waals surface area (Å²) < 4.78 is 27.2. The van der Waals surface area contributed by atoms with Crippen LogP contribution in [-0.2, 0) is 10.0 Å². The maximum absolute atomic E-state index is 11.8. The number of rotatable bonds is 5. The van der Waals surface area contributed by atoms with Crippen molar-refractivity contribution in [1.82, 2.24) is 24.7 Å². The van der Waals surface area contributed by atoms with Crippen molar-refractivity contribution in [3.63, 3.8) is 0 Å². The molecule has 3 rings (SSSR count). The summed E-state index contributed by atoms with van der Waals surface area (Å²) in [5.41, 5.74) is 2.59. The number of nitrogens with one attached hydrogen (secondary N) is 2. The molecule has 1 aliphatic rings. The Balaban J connectivity index is 0.00000280. The molecule has 156 valence electrons. The van der Waals surface area contributed by atoms with Crippen molar-refractivity contribution < 1.29 is 13.2 Å². The zero-order valence-corrected chi connectivity index (χ0v) is 17.5. The van der Waals surface area contributed by atoms with Crippen molar-refractivity contribution in [2.45, 2.75) is 31.7 Å². The Bertz CT molecular complexity index is 925. The van der Waals surface area contributed by atoms with Crippen LogP contribution >= 0.6 is 12.4 Å². The fraction of sp³-hybridized carbons (Fsp3) is 0.562. The molecule has 10 nitrogen and oxygen atoms in total. The highest BCUT2D eigenvalue weighted by atomic mass is 35.5. The molecule has 2 heterocycles. The van der Waals surface area contributed by atoms with Crippen molar-refractivity contribution in [2.24, 2.45) is 11.8 Å². The van der Waals surface area contributed by atoms with E-state index < -0.39 is 16.1 Å². The van der Waals surface area contributed by atoms with Crippen molar-refractivity contribution in [3.8, 4) is 0 Å². The number of halogens is 1. The third kappa shape index (κ3) is 4.54. The first-order chi connectivity index (χ1) is 12.9. The zero-order chi connectivity index (χ0) is 19.6. The second-order valence-corrected chi connectivity index (χ2v) is 8.81. The minimum atomic E-state index is -3.18. The van der Waals surface area contributed by atoms with Gasteiger partial charge in [0.2, 0.25) is 10.0 Å². The molecule has 0 bridgehead atoms. The van der Waals surface area contributed by atoms with Crippen LogP contribution in [0.3, 0.4) is 0 Å². The molecule has 2 aromatic heterocycles. The Morgan fingerprint density at radius 3 is 2.61 bits per heavy atom. The number of nitrogen functional groups attached to an aromatic ring is 1. The predicted molar refractivity (Wildman–Crippen MR) is 110 cm³/mol. The van der Waals surface area contributed by atoms with E-state index in [4.69, 9.17) is 5.84 Å². The molecule has 0 saturated heterocycles. The zero-order valence-electron chi connectivity index (χ0n) is 15.8. The average molecular weight is 432 g/mol. The van der Waals surface area contributed by atoms with Gasteiger partial charge in [-0.2, -0.15) is 0 Å². The smallest absolute Gasteiger partial charge is 0.341 e. The summed E-state index contributed by atoms with van der Waals surface area (Å²) in [7, 11) is 0.239. The highest BCUT2D eigenvalue weighted by Crippen LogP contribution is 2.32. The number of hydrogen-bond donors (Lipinski definition) is 3. The van der Waals surface area contributed by atoms with Crippen LogP contribution in [0.4, 0.5) is 10.6 Å². The summed E-state index contributed by atoms with van der Waals surface area (Å²) in [6.07, 6.45) is 6.51. The van der Waals surface area contributed by atoms with Gasteiger partial charge in [0.25, 0.3) is 0 Å². The van der Waals surface area contributed by atoms with Gasteiger partial charge in [0.15, 0.2) is 5.65 Å². The van der Waals surface area contributed by atoms with Gasteiger partial charge < -0.3 is 4.90 Å². The fourth-order valence-electron chi connectivity index (χ4n) is 3.72. The van der Waals surface area contributed by atoms with Crippen LogP contribution in [0.2, 0.25) is 0 Å². The summed E-state index contributed by atoms with van der Waals surface area (Å²) in [4.78, 5) is 22.5. The van der Waals surface area contributed by atoms with Crippen LogP contribution < -0.4 is 20.9 Å². The van der Waals surface area contributed by atoms with Gasteiger partial charge in [-0.15, -0.1) is 12.4 Å². The first-order valence-electron chi connectivity index (χ1n) is 8.83. The van der Waals surface area contributed by atoms with Gasteiger partial charge in [-0.1, -0.05) is 0 Å². The van der Waals surface area contributed by atoms with Gasteiger partial charge in [0, 0.05) is 19.3 Å². The van der Waals surface area contributed by atoms with Gasteiger partial charge in [-0.05, 0) is 44.7 Å². The normalized spacial score (nSPS) is 19.8. The number of carbonyl (C=O) groups excluding carboxylic acids is 1. The van der Waals surface area contributed by atoms with Crippen molar-refractivity contribution in [1.29, 1.82) is 0 Å². The van der Waals surface area contributed by atoms with Gasteiger partial charge in [-0.25, -0.2) is 33.7 Å². The maximum Gasteiger partial charge on any atom is 0.341 e. The van der Waals surface area contributed by atoms with E-state index >= 15 is 0 Å². The largest absolute Gasteiger partial charge is 0.356 e. The summed E-state index contributed by atoms with van der Waals surface area (Å²) >= 11 is 0. The Labute approximate surface area is 170 Å². The monoisotopic (exact) mass is 431 g/mol. The van der Waals surface area contributed by atoms with Crippen LogP contribution in [0.1, 0.15) is 25.7 Å². The van der Waals surface area contributed by atoms with Crippen molar-refractivity contribution in [3.05, 3.63) is 18.6 Å². The SMILES string of the molecule is CNS(=O)(=O)CC1CCC(N(C)c2ncnc3c2ccn3C(=O)NN)CC1.Cl.